The summed E-state index contributed by atoms with van der Waals surface area (Å²) in [5.41, 5.74) is 2.42. The van der Waals surface area contributed by atoms with E-state index < -0.39 is 0 Å². The summed E-state index contributed by atoms with van der Waals surface area (Å²) in [7, 11) is 0. The fraction of sp³-hybridized carbons (Fsp3) is 0.524. The van der Waals surface area contributed by atoms with Gasteiger partial charge in [0.15, 0.2) is 5.96 Å². The largest absolute Gasteiger partial charge is 0.377 e. The Morgan fingerprint density at radius 3 is 2.67 bits per heavy atom. The molecular formula is C21H32N4OS. The van der Waals surface area contributed by atoms with E-state index >= 15 is 0 Å². The third-order valence-electron chi connectivity index (χ3n) is 4.06. The standard InChI is InChI=1S/C21H32N4OS/c1-4-13-26-16-18-10-8-7-9-17(18)14-25-21(22-6-3)23-12-11-20-24-15-19(5-2)27-20/h7-10,15H,4-6,11-14,16H2,1-3H3,(H2,22,23,25). The van der Waals surface area contributed by atoms with Crippen molar-refractivity contribution in [1.29, 1.82) is 0 Å². The maximum Gasteiger partial charge on any atom is 0.191 e. The van der Waals surface area contributed by atoms with Crippen LogP contribution in [0.15, 0.2) is 35.5 Å². The highest BCUT2D eigenvalue weighted by Crippen LogP contribution is 2.13. The van der Waals surface area contributed by atoms with Crippen molar-refractivity contribution in [3.8, 4) is 0 Å². The molecule has 0 saturated carbocycles. The lowest BCUT2D eigenvalue weighted by Crippen LogP contribution is -2.38. The zero-order chi connectivity index (χ0) is 19.3. The van der Waals surface area contributed by atoms with Gasteiger partial charge < -0.3 is 15.4 Å². The minimum absolute atomic E-state index is 0.637. The van der Waals surface area contributed by atoms with Crippen molar-refractivity contribution in [2.24, 2.45) is 4.99 Å². The predicted octanol–water partition coefficient (Wildman–Crippen LogP) is 3.93. The Hall–Kier alpha value is -1.92. The molecule has 5 nitrogen and oxygen atoms in total. The molecule has 0 bridgehead atoms. The molecule has 0 atom stereocenters. The number of aromatic nitrogens is 1. The molecule has 0 aliphatic heterocycles. The van der Waals surface area contributed by atoms with Crippen molar-refractivity contribution in [3.05, 3.63) is 51.5 Å². The van der Waals surface area contributed by atoms with Gasteiger partial charge in [-0.15, -0.1) is 11.3 Å². The second kappa shape index (κ2) is 12.5. The molecule has 27 heavy (non-hydrogen) atoms. The Labute approximate surface area is 167 Å². The van der Waals surface area contributed by atoms with Gasteiger partial charge in [0.1, 0.15) is 0 Å². The molecule has 2 aromatic rings. The van der Waals surface area contributed by atoms with Crippen molar-refractivity contribution >= 4 is 17.3 Å². The number of guanidine groups is 1. The molecule has 0 radical (unpaired) electrons. The number of benzene rings is 1. The molecule has 1 aromatic heterocycles. The first-order chi connectivity index (χ1) is 13.3. The van der Waals surface area contributed by atoms with Crippen molar-refractivity contribution in [3.63, 3.8) is 0 Å². The van der Waals surface area contributed by atoms with E-state index in [2.05, 4.69) is 60.7 Å². The second-order valence-corrected chi connectivity index (χ2v) is 7.47. The maximum absolute atomic E-state index is 5.70. The van der Waals surface area contributed by atoms with E-state index in [0.29, 0.717) is 13.2 Å². The Kier molecular flexibility index (Phi) is 9.87. The van der Waals surface area contributed by atoms with Crippen molar-refractivity contribution in [2.45, 2.75) is 53.2 Å². The minimum atomic E-state index is 0.637. The van der Waals surface area contributed by atoms with Crippen LogP contribution in [-0.4, -0.2) is 30.6 Å². The van der Waals surface area contributed by atoms with E-state index in [0.717, 1.165) is 44.9 Å². The number of hydrogen-bond donors (Lipinski definition) is 2. The van der Waals surface area contributed by atoms with Crippen LogP contribution in [0.3, 0.4) is 0 Å². The molecule has 1 heterocycles. The number of rotatable bonds is 11. The van der Waals surface area contributed by atoms with Crippen molar-refractivity contribution in [1.82, 2.24) is 15.6 Å². The average molecular weight is 389 g/mol. The van der Waals surface area contributed by atoms with E-state index in [4.69, 9.17) is 9.73 Å². The van der Waals surface area contributed by atoms with E-state index in [1.807, 2.05) is 6.20 Å². The van der Waals surface area contributed by atoms with Crippen LogP contribution in [0.4, 0.5) is 0 Å². The summed E-state index contributed by atoms with van der Waals surface area (Å²) in [4.78, 5) is 10.6. The van der Waals surface area contributed by atoms with Crippen LogP contribution in [0.2, 0.25) is 0 Å². The Morgan fingerprint density at radius 1 is 1.15 bits per heavy atom. The molecule has 0 aliphatic carbocycles. The third kappa shape index (κ3) is 7.69. The van der Waals surface area contributed by atoms with Gasteiger partial charge in [0.25, 0.3) is 0 Å². The van der Waals surface area contributed by atoms with Gasteiger partial charge >= 0.3 is 0 Å². The topological polar surface area (TPSA) is 58.5 Å². The monoisotopic (exact) mass is 388 g/mol. The Balaban J connectivity index is 1.90. The molecule has 0 unspecified atom stereocenters. The van der Waals surface area contributed by atoms with Crippen LogP contribution in [0.25, 0.3) is 0 Å². The first-order valence-electron chi connectivity index (χ1n) is 9.87. The van der Waals surface area contributed by atoms with E-state index in [1.54, 1.807) is 11.3 Å². The molecule has 0 saturated heterocycles. The maximum atomic E-state index is 5.70. The first-order valence-corrected chi connectivity index (χ1v) is 10.7. The van der Waals surface area contributed by atoms with Gasteiger partial charge in [-0.25, -0.2) is 9.98 Å². The Morgan fingerprint density at radius 2 is 1.96 bits per heavy atom. The summed E-state index contributed by atoms with van der Waals surface area (Å²) >= 11 is 1.79. The van der Waals surface area contributed by atoms with Gasteiger partial charge in [0.2, 0.25) is 0 Å². The number of nitrogens with zero attached hydrogens (tertiary/aromatic N) is 2. The molecule has 148 valence electrons. The van der Waals surface area contributed by atoms with Crippen molar-refractivity contribution in [2.75, 3.05) is 19.7 Å². The van der Waals surface area contributed by atoms with Gasteiger partial charge in [-0.05, 0) is 30.9 Å². The van der Waals surface area contributed by atoms with Crippen LogP contribution in [-0.2, 0) is 30.7 Å². The highest BCUT2D eigenvalue weighted by molar-refractivity contribution is 7.11. The first kappa shape index (κ1) is 21.4. The predicted molar refractivity (Wildman–Crippen MR) is 114 cm³/mol. The number of thiazole rings is 1. The summed E-state index contributed by atoms with van der Waals surface area (Å²) in [5.74, 6) is 0.842. The highest BCUT2D eigenvalue weighted by Gasteiger charge is 2.04. The van der Waals surface area contributed by atoms with Gasteiger partial charge in [-0.1, -0.05) is 38.1 Å². The normalized spacial score (nSPS) is 11.6. The SMILES string of the molecule is CCCOCc1ccccc1CN=C(NCC)NCCc1ncc(CC)s1. The quantitative estimate of drug-likeness (QED) is 0.348. The van der Waals surface area contributed by atoms with Gasteiger partial charge in [-0.2, -0.15) is 0 Å². The van der Waals surface area contributed by atoms with Crippen LogP contribution in [0.5, 0.6) is 0 Å². The molecule has 0 fully saturated rings. The fourth-order valence-corrected chi connectivity index (χ4v) is 3.46. The summed E-state index contributed by atoms with van der Waals surface area (Å²) in [6, 6.07) is 8.36. The lowest BCUT2D eigenvalue weighted by molar-refractivity contribution is 0.121. The van der Waals surface area contributed by atoms with E-state index in [1.165, 1.54) is 21.0 Å². The van der Waals surface area contributed by atoms with Gasteiger partial charge in [-0.3, -0.25) is 0 Å². The van der Waals surface area contributed by atoms with Crippen LogP contribution >= 0.6 is 11.3 Å². The summed E-state index contributed by atoms with van der Waals surface area (Å²) in [5, 5.41) is 7.91. The van der Waals surface area contributed by atoms with E-state index in [9.17, 15) is 0 Å². The summed E-state index contributed by atoms with van der Waals surface area (Å²) in [6.07, 6.45) is 4.98. The molecule has 1 aromatic carbocycles. The summed E-state index contributed by atoms with van der Waals surface area (Å²) in [6.45, 7) is 10.1. The van der Waals surface area contributed by atoms with Crippen LogP contribution in [0, 0.1) is 0 Å². The number of aryl methyl sites for hydroxylation is 1. The molecule has 0 aliphatic rings. The zero-order valence-electron chi connectivity index (χ0n) is 16.8. The number of hydrogen-bond acceptors (Lipinski definition) is 4. The highest BCUT2D eigenvalue weighted by atomic mass is 32.1. The van der Waals surface area contributed by atoms with Crippen LogP contribution in [0.1, 0.15) is 48.2 Å². The average Bonchev–Trinajstić information content (AvgIpc) is 3.15. The zero-order valence-corrected chi connectivity index (χ0v) is 17.6. The third-order valence-corrected chi connectivity index (χ3v) is 5.26. The Bertz CT molecular complexity index is 699. The lowest BCUT2D eigenvalue weighted by atomic mass is 10.1. The molecule has 2 N–H and O–H groups in total. The van der Waals surface area contributed by atoms with Gasteiger partial charge in [0, 0.05) is 37.2 Å². The smallest absolute Gasteiger partial charge is 0.191 e. The molecule has 0 amide bonds. The molecular weight excluding hydrogens is 356 g/mol. The van der Waals surface area contributed by atoms with Crippen molar-refractivity contribution < 1.29 is 4.74 Å². The molecule has 6 heteroatoms. The van der Waals surface area contributed by atoms with Gasteiger partial charge in [0.05, 0.1) is 18.2 Å². The molecule has 0 spiro atoms. The number of ether oxygens (including phenoxy) is 1. The fourth-order valence-electron chi connectivity index (χ4n) is 2.60. The minimum Gasteiger partial charge on any atom is -0.377 e. The van der Waals surface area contributed by atoms with Crippen LogP contribution < -0.4 is 10.6 Å². The van der Waals surface area contributed by atoms with E-state index in [-0.39, 0.29) is 0 Å². The molecule has 2 rings (SSSR count). The second-order valence-electron chi connectivity index (χ2n) is 6.27. The summed E-state index contributed by atoms with van der Waals surface area (Å²) < 4.78 is 5.70. The number of nitrogens with one attached hydrogen (secondary N) is 2. The number of aliphatic imine (C=N–C) groups is 1. The lowest BCUT2D eigenvalue weighted by Gasteiger charge is -2.12.